The summed E-state index contributed by atoms with van der Waals surface area (Å²) in [6.45, 7) is 12.1. The van der Waals surface area contributed by atoms with Gasteiger partial charge in [0, 0.05) is 27.2 Å². The van der Waals surface area contributed by atoms with Gasteiger partial charge in [-0.3, -0.25) is 0 Å². The topological polar surface area (TPSA) is 12.0 Å². The van der Waals surface area contributed by atoms with Crippen molar-refractivity contribution < 1.29 is 0 Å². The van der Waals surface area contributed by atoms with Crippen LogP contribution in [0.4, 0.5) is 0 Å². The van der Waals surface area contributed by atoms with Crippen LogP contribution in [0.25, 0.3) is 0 Å². The first-order valence-electron chi connectivity index (χ1n) is 6.44. The van der Waals surface area contributed by atoms with Gasteiger partial charge in [0.15, 0.2) is 0 Å². The fourth-order valence-electron chi connectivity index (χ4n) is 1.43. The highest BCUT2D eigenvalue weighted by atomic mass is 79.9. The molecular weight excluding hydrogens is 306 g/mol. The first-order chi connectivity index (χ1) is 8.28. The summed E-state index contributed by atoms with van der Waals surface area (Å²) in [6, 6.07) is 6.57. The Morgan fingerprint density at radius 1 is 1.28 bits per heavy atom. The molecule has 0 aliphatic rings. The molecule has 102 valence electrons. The van der Waals surface area contributed by atoms with E-state index in [1.54, 1.807) is 0 Å². The number of thioether (sulfide) groups is 1. The lowest BCUT2D eigenvalue weighted by Crippen LogP contribution is -2.35. The van der Waals surface area contributed by atoms with E-state index in [0.717, 1.165) is 16.9 Å². The summed E-state index contributed by atoms with van der Waals surface area (Å²) >= 11 is 5.51. The van der Waals surface area contributed by atoms with Gasteiger partial charge in [0.05, 0.1) is 0 Å². The molecule has 1 nitrogen and oxygen atoms in total. The van der Waals surface area contributed by atoms with Crippen LogP contribution >= 0.6 is 27.7 Å². The van der Waals surface area contributed by atoms with Gasteiger partial charge in [0.2, 0.25) is 0 Å². The molecule has 0 bridgehead atoms. The van der Waals surface area contributed by atoms with E-state index in [2.05, 4.69) is 74.1 Å². The fraction of sp³-hybridized carbons (Fsp3) is 0.600. The normalized spacial score (nSPS) is 12.2. The molecule has 0 unspecified atom stereocenters. The van der Waals surface area contributed by atoms with Gasteiger partial charge in [-0.1, -0.05) is 35.8 Å². The molecule has 0 aromatic heterocycles. The number of halogens is 1. The minimum absolute atomic E-state index is 0.160. The average Bonchev–Trinajstić information content (AvgIpc) is 2.23. The Morgan fingerprint density at radius 3 is 2.50 bits per heavy atom. The Balaban J connectivity index is 2.76. The second-order valence-corrected chi connectivity index (χ2v) is 8.04. The summed E-state index contributed by atoms with van der Waals surface area (Å²) in [4.78, 5) is 1.38. The average molecular weight is 330 g/mol. The molecule has 0 atom stereocenters. The van der Waals surface area contributed by atoms with E-state index in [4.69, 9.17) is 0 Å². The molecule has 1 aromatic carbocycles. The smallest absolute Gasteiger partial charge is 0.0221 e. The van der Waals surface area contributed by atoms with Crippen LogP contribution in [0.2, 0.25) is 0 Å². The monoisotopic (exact) mass is 329 g/mol. The van der Waals surface area contributed by atoms with E-state index < -0.39 is 0 Å². The zero-order valence-corrected chi connectivity index (χ0v) is 14.4. The first-order valence-corrected chi connectivity index (χ1v) is 8.22. The van der Waals surface area contributed by atoms with Crippen LogP contribution in [0.1, 0.15) is 40.2 Å². The molecule has 3 heteroatoms. The van der Waals surface area contributed by atoms with Crippen molar-refractivity contribution in [2.45, 2.75) is 51.6 Å². The molecule has 0 fully saturated rings. The Bertz CT molecular complexity index is 383. The zero-order valence-electron chi connectivity index (χ0n) is 12.0. The molecule has 1 aromatic rings. The molecule has 0 saturated heterocycles. The lowest BCUT2D eigenvalue weighted by atomic mass is 10.1. The highest BCUT2D eigenvalue weighted by Crippen LogP contribution is 2.28. The quantitative estimate of drug-likeness (QED) is 0.755. The third-order valence-electron chi connectivity index (χ3n) is 2.41. The van der Waals surface area contributed by atoms with Crippen LogP contribution in [-0.2, 0) is 6.54 Å². The molecule has 0 aliphatic heterocycles. The van der Waals surface area contributed by atoms with Crippen molar-refractivity contribution in [3.63, 3.8) is 0 Å². The third kappa shape index (κ3) is 6.26. The molecule has 18 heavy (non-hydrogen) atoms. The van der Waals surface area contributed by atoms with Crippen LogP contribution in [0.5, 0.6) is 0 Å². The number of nitrogens with one attached hydrogen (secondary N) is 1. The van der Waals surface area contributed by atoms with Gasteiger partial charge in [0.1, 0.15) is 0 Å². The Kier molecular flexibility index (Phi) is 6.22. The predicted octanol–water partition coefficient (Wildman–Crippen LogP) is 5.09. The van der Waals surface area contributed by atoms with E-state index in [1.165, 1.54) is 16.2 Å². The zero-order chi connectivity index (χ0) is 13.8. The lowest BCUT2D eigenvalue weighted by molar-refractivity contribution is 0.422. The maximum atomic E-state index is 3.56. The van der Waals surface area contributed by atoms with Crippen LogP contribution in [0, 0.1) is 5.92 Å². The maximum absolute atomic E-state index is 3.56. The highest BCUT2D eigenvalue weighted by molar-refractivity contribution is 9.10. The van der Waals surface area contributed by atoms with Crippen LogP contribution in [0.3, 0.4) is 0 Å². The fourth-order valence-corrected chi connectivity index (χ4v) is 2.99. The van der Waals surface area contributed by atoms with Gasteiger partial charge in [-0.05, 0) is 44.4 Å². The number of rotatable bonds is 5. The molecule has 0 saturated carbocycles. The Morgan fingerprint density at radius 2 is 1.94 bits per heavy atom. The van der Waals surface area contributed by atoms with Crippen LogP contribution in [0.15, 0.2) is 27.6 Å². The summed E-state index contributed by atoms with van der Waals surface area (Å²) in [7, 11) is 0. The van der Waals surface area contributed by atoms with Crippen molar-refractivity contribution in [3.8, 4) is 0 Å². The highest BCUT2D eigenvalue weighted by Gasteiger charge is 2.11. The predicted molar refractivity (Wildman–Crippen MR) is 86.3 cm³/mol. The number of hydrogen-bond acceptors (Lipinski definition) is 2. The summed E-state index contributed by atoms with van der Waals surface area (Å²) in [5.41, 5.74) is 1.55. The molecule has 1 rings (SSSR count). The van der Waals surface area contributed by atoms with Crippen LogP contribution in [-0.4, -0.2) is 11.3 Å². The number of hydrogen-bond donors (Lipinski definition) is 1. The van der Waals surface area contributed by atoms with Gasteiger partial charge in [-0.2, -0.15) is 0 Å². The minimum Gasteiger partial charge on any atom is -0.308 e. The minimum atomic E-state index is 0.160. The summed E-state index contributed by atoms with van der Waals surface area (Å²) < 4.78 is 1.16. The van der Waals surface area contributed by atoms with E-state index in [-0.39, 0.29) is 5.54 Å². The second kappa shape index (κ2) is 6.97. The summed E-state index contributed by atoms with van der Waals surface area (Å²) in [5.74, 6) is 1.89. The van der Waals surface area contributed by atoms with Gasteiger partial charge in [-0.15, -0.1) is 11.8 Å². The molecule has 0 heterocycles. The molecule has 0 spiro atoms. The van der Waals surface area contributed by atoms with Crippen molar-refractivity contribution in [2.75, 3.05) is 5.75 Å². The SMILES string of the molecule is CC(C)CSc1cc(Br)ccc1CNC(C)(C)C. The van der Waals surface area contributed by atoms with Crippen molar-refractivity contribution in [1.29, 1.82) is 0 Å². The van der Waals surface area contributed by atoms with Gasteiger partial charge in [0.25, 0.3) is 0 Å². The lowest BCUT2D eigenvalue weighted by Gasteiger charge is -2.22. The van der Waals surface area contributed by atoms with Crippen molar-refractivity contribution in [1.82, 2.24) is 5.32 Å². The maximum Gasteiger partial charge on any atom is 0.0221 e. The molecule has 0 aliphatic carbocycles. The summed E-state index contributed by atoms with van der Waals surface area (Å²) in [5, 5.41) is 3.56. The van der Waals surface area contributed by atoms with E-state index >= 15 is 0 Å². The first kappa shape index (κ1) is 16.1. The molecule has 1 N–H and O–H groups in total. The molecular formula is C15H24BrNS. The standard InChI is InChI=1S/C15H24BrNS/c1-11(2)10-18-14-8-13(16)7-6-12(14)9-17-15(3,4)5/h6-8,11,17H,9-10H2,1-5H3. The third-order valence-corrected chi connectivity index (χ3v) is 4.43. The molecule has 0 amide bonds. The van der Waals surface area contributed by atoms with Gasteiger partial charge in [-0.25, -0.2) is 0 Å². The van der Waals surface area contributed by atoms with E-state index in [9.17, 15) is 0 Å². The largest absolute Gasteiger partial charge is 0.308 e. The van der Waals surface area contributed by atoms with Crippen molar-refractivity contribution in [3.05, 3.63) is 28.2 Å². The Labute approximate surface area is 124 Å². The van der Waals surface area contributed by atoms with Gasteiger partial charge < -0.3 is 5.32 Å². The van der Waals surface area contributed by atoms with Crippen molar-refractivity contribution in [2.24, 2.45) is 5.92 Å². The van der Waals surface area contributed by atoms with E-state index in [1.807, 2.05) is 11.8 Å². The summed E-state index contributed by atoms with van der Waals surface area (Å²) in [6.07, 6.45) is 0. The van der Waals surface area contributed by atoms with Crippen LogP contribution < -0.4 is 5.32 Å². The van der Waals surface area contributed by atoms with Gasteiger partial charge >= 0.3 is 0 Å². The Hall–Kier alpha value is 0.01000. The van der Waals surface area contributed by atoms with E-state index in [0.29, 0.717) is 0 Å². The molecule has 0 radical (unpaired) electrons. The van der Waals surface area contributed by atoms with Crippen molar-refractivity contribution >= 4 is 27.7 Å². The number of benzene rings is 1. The second-order valence-electron chi connectivity index (χ2n) is 6.06.